The third-order valence-corrected chi connectivity index (χ3v) is 7.08. The minimum atomic E-state index is 0.00216. The topological polar surface area (TPSA) is 13.1 Å². The predicted molar refractivity (Wildman–Crippen MR) is 139 cm³/mol. The number of rotatable bonds is 1. The first-order valence-electron chi connectivity index (χ1n) is 12.0. The third-order valence-electron chi connectivity index (χ3n) is 6.22. The van der Waals surface area contributed by atoms with Crippen molar-refractivity contribution in [2.75, 3.05) is 0 Å². The molecule has 0 saturated heterocycles. The zero-order valence-electron chi connectivity index (χ0n) is 19.9. The van der Waals surface area contributed by atoms with E-state index in [2.05, 4.69) is 15.9 Å². The van der Waals surface area contributed by atoms with Crippen molar-refractivity contribution < 1.29 is 8.53 Å². The lowest BCUT2D eigenvalue weighted by molar-refractivity contribution is 0.669. The summed E-state index contributed by atoms with van der Waals surface area (Å²) < 4.78 is 34.3. The van der Waals surface area contributed by atoms with Crippen LogP contribution >= 0.6 is 15.9 Å². The maximum absolute atomic E-state index is 9.35. The van der Waals surface area contributed by atoms with E-state index in [-0.39, 0.29) is 18.1 Å². The second-order valence-electron chi connectivity index (χ2n) is 8.03. The van der Waals surface area contributed by atoms with Crippen LogP contribution in [0.1, 0.15) is 4.11 Å². The number of halogens is 1. The molecule has 6 aromatic carbocycles. The molecule has 0 unspecified atom stereocenters. The van der Waals surface area contributed by atoms with Crippen molar-refractivity contribution in [2.45, 2.75) is 0 Å². The highest BCUT2D eigenvalue weighted by molar-refractivity contribution is 9.10. The molecule has 0 aliphatic carbocycles. The molecule has 0 fully saturated rings. The van der Waals surface area contributed by atoms with Crippen LogP contribution in [-0.2, 0) is 0 Å². The van der Waals surface area contributed by atoms with Crippen molar-refractivity contribution in [3.05, 3.63) is 108 Å². The highest BCUT2D eigenvalue weighted by Gasteiger charge is 2.15. The zero-order valence-corrected chi connectivity index (χ0v) is 18.5. The van der Waals surface area contributed by atoms with E-state index in [1.807, 2.05) is 84.9 Å². The summed E-state index contributed by atoms with van der Waals surface area (Å²) in [6.07, 6.45) is 0. The van der Waals surface area contributed by atoms with Gasteiger partial charge in [-0.05, 0) is 83.6 Å². The quantitative estimate of drug-likeness (QED) is 0.215. The molecule has 150 valence electrons. The molecule has 0 spiro atoms. The molecule has 0 radical (unpaired) electrons. The first-order valence-corrected chi connectivity index (χ1v) is 11.3. The van der Waals surface area contributed by atoms with E-state index in [0.29, 0.717) is 22.1 Å². The molecular formula is C30H17BrO. The normalized spacial score (nSPS) is 13.2. The average molecular weight is 476 g/mol. The maximum Gasteiger partial charge on any atom is 0.136 e. The Labute approximate surface area is 197 Å². The molecule has 7 rings (SSSR count). The van der Waals surface area contributed by atoms with E-state index in [4.69, 9.17) is 7.16 Å². The molecule has 1 nitrogen and oxygen atoms in total. The SMILES string of the molecule is [2H]c1c(-c2c3ccccc3c(Br)c3ccccc23)c([2H])c2c(oc3cc4ccccc4cc32)c1[2H]. The number of benzene rings is 6. The standard InChI is InChI=1S/C30H17BrO/c31-30-23-11-5-3-9-21(23)29(22-10-4-6-12-24(22)30)20-13-14-27-25(16-20)26-15-18-7-1-2-8-19(18)17-28(26)32-27/h1-17H/i13D,14D,16D. The van der Waals surface area contributed by atoms with E-state index in [0.717, 1.165) is 47.7 Å². The summed E-state index contributed by atoms with van der Waals surface area (Å²) in [5.41, 5.74) is 2.18. The molecule has 1 aromatic heterocycles. The van der Waals surface area contributed by atoms with Gasteiger partial charge in [0.25, 0.3) is 0 Å². The minimum absolute atomic E-state index is 0.00216. The van der Waals surface area contributed by atoms with Crippen LogP contribution in [0.3, 0.4) is 0 Å². The Morgan fingerprint density at radius 2 is 1.19 bits per heavy atom. The van der Waals surface area contributed by atoms with E-state index < -0.39 is 0 Å². The average Bonchev–Trinajstić information content (AvgIpc) is 3.26. The Bertz CT molecular complexity index is 1950. The van der Waals surface area contributed by atoms with Gasteiger partial charge in [0.2, 0.25) is 0 Å². The van der Waals surface area contributed by atoms with Gasteiger partial charge in [-0.15, -0.1) is 0 Å². The molecule has 0 N–H and O–H groups in total. The van der Waals surface area contributed by atoms with Crippen LogP contribution in [-0.4, -0.2) is 0 Å². The van der Waals surface area contributed by atoms with Crippen LogP contribution < -0.4 is 0 Å². The number of hydrogen-bond donors (Lipinski definition) is 0. The van der Waals surface area contributed by atoms with Crippen LogP contribution in [0.15, 0.2) is 112 Å². The van der Waals surface area contributed by atoms with Crippen molar-refractivity contribution in [3.63, 3.8) is 0 Å². The molecule has 1 heterocycles. The smallest absolute Gasteiger partial charge is 0.136 e. The molecular weight excluding hydrogens is 456 g/mol. The lowest BCUT2D eigenvalue weighted by Gasteiger charge is -2.14. The molecule has 2 heteroatoms. The van der Waals surface area contributed by atoms with Crippen molar-refractivity contribution in [1.82, 2.24) is 0 Å². The Hall–Kier alpha value is -3.62. The fourth-order valence-electron chi connectivity index (χ4n) is 4.74. The van der Waals surface area contributed by atoms with Crippen LogP contribution in [0, 0.1) is 0 Å². The number of furan rings is 1. The Morgan fingerprint density at radius 1 is 0.594 bits per heavy atom. The highest BCUT2D eigenvalue weighted by Crippen LogP contribution is 2.43. The molecule has 32 heavy (non-hydrogen) atoms. The Kier molecular flexibility index (Phi) is 3.18. The molecule has 0 amide bonds. The van der Waals surface area contributed by atoms with Gasteiger partial charge in [0.15, 0.2) is 0 Å². The number of fused-ring (bicyclic) bond motifs is 6. The summed E-state index contributed by atoms with van der Waals surface area (Å²) in [6.45, 7) is 0. The largest absolute Gasteiger partial charge is 0.456 e. The van der Waals surface area contributed by atoms with Gasteiger partial charge in [-0.1, -0.05) is 78.8 Å². The van der Waals surface area contributed by atoms with Gasteiger partial charge < -0.3 is 4.42 Å². The van der Waals surface area contributed by atoms with Crippen molar-refractivity contribution in [1.29, 1.82) is 0 Å². The van der Waals surface area contributed by atoms with E-state index in [1.54, 1.807) is 0 Å². The first-order chi connectivity index (χ1) is 17.0. The lowest BCUT2D eigenvalue weighted by Crippen LogP contribution is -1.87. The summed E-state index contributed by atoms with van der Waals surface area (Å²) >= 11 is 3.78. The fourth-order valence-corrected chi connectivity index (χ4v) is 5.43. The van der Waals surface area contributed by atoms with Crippen LogP contribution in [0.5, 0.6) is 0 Å². The molecule has 0 aliphatic rings. The maximum atomic E-state index is 9.35. The summed E-state index contributed by atoms with van der Waals surface area (Å²) in [4.78, 5) is 0. The van der Waals surface area contributed by atoms with E-state index in [9.17, 15) is 1.37 Å². The monoisotopic (exact) mass is 475 g/mol. The second-order valence-corrected chi connectivity index (χ2v) is 8.82. The molecule has 7 aromatic rings. The molecule has 0 atom stereocenters. The summed E-state index contributed by atoms with van der Waals surface area (Å²) in [5.74, 6) is 0. The summed E-state index contributed by atoms with van der Waals surface area (Å²) in [6, 6.07) is 28.3. The summed E-state index contributed by atoms with van der Waals surface area (Å²) in [7, 11) is 0. The van der Waals surface area contributed by atoms with Crippen LogP contribution in [0.2, 0.25) is 0 Å². The second kappa shape index (κ2) is 6.69. The Balaban J connectivity index is 1.71. The molecule has 0 aliphatic heterocycles. The minimum Gasteiger partial charge on any atom is -0.456 e. The molecule has 0 saturated carbocycles. The fraction of sp³-hybridized carbons (Fsp3) is 0. The van der Waals surface area contributed by atoms with E-state index in [1.165, 1.54) is 0 Å². The van der Waals surface area contributed by atoms with Gasteiger partial charge in [0.05, 0.1) is 4.11 Å². The van der Waals surface area contributed by atoms with Crippen molar-refractivity contribution in [2.24, 2.45) is 0 Å². The number of hydrogen-bond acceptors (Lipinski definition) is 1. The van der Waals surface area contributed by atoms with Gasteiger partial charge in [-0.2, -0.15) is 0 Å². The zero-order chi connectivity index (χ0) is 23.8. The summed E-state index contributed by atoms with van der Waals surface area (Å²) in [5, 5.41) is 7.36. The highest BCUT2D eigenvalue weighted by atomic mass is 79.9. The van der Waals surface area contributed by atoms with Gasteiger partial charge in [-0.25, -0.2) is 0 Å². The Morgan fingerprint density at radius 3 is 1.88 bits per heavy atom. The third kappa shape index (κ3) is 2.50. The van der Waals surface area contributed by atoms with E-state index >= 15 is 0 Å². The van der Waals surface area contributed by atoms with Crippen LogP contribution in [0.25, 0.3) is 65.4 Å². The predicted octanol–water partition coefficient (Wildman–Crippen LogP) is 9.48. The lowest BCUT2D eigenvalue weighted by atomic mass is 9.91. The van der Waals surface area contributed by atoms with Crippen LogP contribution in [0.4, 0.5) is 0 Å². The van der Waals surface area contributed by atoms with Gasteiger partial charge >= 0.3 is 0 Å². The van der Waals surface area contributed by atoms with Gasteiger partial charge in [0, 0.05) is 15.2 Å². The molecule has 0 bridgehead atoms. The van der Waals surface area contributed by atoms with Gasteiger partial charge in [0.1, 0.15) is 11.2 Å². The van der Waals surface area contributed by atoms with Crippen molar-refractivity contribution >= 4 is 70.2 Å². The van der Waals surface area contributed by atoms with Gasteiger partial charge in [-0.3, -0.25) is 0 Å². The van der Waals surface area contributed by atoms with Crippen molar-refractivity contribution in [3.8, 4) is 11.1 Å². The first kappa shape index (κ1) is 15.2.